The third-order valence-corrected chi connectivity index (χ3v) is 13.8. The van der Waals surface area contributed by atoms with Gasteiger partial charge in [0.05, 0.1) is 0 Å². The number of fused-ring (bicyclic) bond motifs is 2. The van der Waals surface area contributed by atoms with Gasteiger partial charge in [0.2, 0.25) is 0 Å². The molecule has 0 amide bonds. The molecule has 1 aromatic rings. The van der Waals surface area contributed by atoms with Crippen LogP contribution >= 0.6 is 15.9 Å². The van der Waals surface area contributed by atoms with Crippen molar-refractivity contribution in [2.75, 3.05) is 0 Å². The summed E-state index contributed by atoms with van der Waals surface area (Å²) in [6.07, 6.45) is 0. The lowest BCUT2D eigenvalue weighted by Crippen LogP contribution is -2.31. The standard InChI is InChI=1S/C16H22P2/c1-11-12(2)16(5)13(3)15(11,4)17-18(16)14-9-7-6-8-10-14/h6-10,13,17H,1-5H3. The van der Waals surface area contributed by atoms with Crippen LogP contribution in [-0.4, -0.2) is 10.3 Å². The molecule has 0 aromatic heterocycles. The van der Waals surface area contributed by atoms with Crippen LogP contribution < -0.4 is 5.30 Å². The SMILES string of the molecule is CC1=C(C)C2(C)C(C)C1(C)PP2c1ccccc1. The minimum atomic E-state index is -0.0201. The molecule has 1 aliphatic carbocycles. The fraction of sp³-hybridized carbons (Fsp3) is 0.500. The average Bonchev–Trinajstić information content (AvgIpc) is 2.67. The van der Waals surface area contributed by atoms with E-state index in [1.807, 2.05) is 0 Å². The monoisotopic (exact) mass is 276 g/mol. The summed E-state index contributed by atoms with van der Waals surface area (Å²) < 4.78 is 0. The molecular weight excluding hydrogens is 254 g/mol. The van der Waals surface area contributed by atoms with E-state index in [1.165, 1.54) is 0 Å². The van der Waals surface area contributed by atoms with E-state index in [0.29, 0.717) is 10.3 Å². The lowest BCUT2D eigenvalue weighted by Gasteiger charge is -2.36. The highest BCUT2D eigenvalue weighted by atomic mass is 32.0. The van der Waals surface area contributed by atoms with Gasteiger partial charge in [-0.2, -0.15) is 0 Å². The summed E-state index contributed by atoms with van der Waals surface area (Å²) in [5.74, 6) is 0.801. The molecule has 2 aliphatic rings. The summed E-state index contributed by atoms with van der Waals surface area (Å²) in [4.78, 5) is 0. The van der Waals surface area contributed by atoms with Gasteiger partial charge in [-0.25, -0.2) is 0 Å². The molecule has 0 saturated carbocycles. The molecule has 3 rings (SSSR count). The van der Waals surface area contributed by atoms with E-state index in [9.17, 15) is 0 Å². The molecule has 2 heteroatoms. The molecule has 1 aromatic carbocycles. The molecule has 0 radical (unpaired) electrons. The number of rotatable bonds is 1. The molecule has 0 N–H and O–H groups in total. The van der Waals surface area contributed by atoms with Crippen molar-refractivity contribution in [1.29, 1.82) is 0 Å². The molecule has 1 aliphatic heterocycles. The van der Waals surface area contributed by atoms with E-state index in [0.717, 1.165) is 14.2 Å². The first-order valence-corrected chi connectivity index (χ1v) is 9.92. The molecule has 1 fully saturated rings. The van der Waals surface area contributed by atoms with Crippen molar-refractivity contribution in [2.45, 2.75) is 44.9 Å². The highest BCUT2D eigenvalue weighted by Crippen LogP contribution is 2.85. The van der Waals surface area contributed by atoms with Crippen molar-refractivity contribution in [3.63, 3.8) is 0 Å². The first kappa shape index (κ1) is 12.8. The Morgan fingerprint density at radius 3 is 2.17 bits per heavy atom. The Bertz CT molecular complexity index is 519. The van der Waals surface area contributed by atoms with Crippen molar-refractivity contribution in [1.82, 2.24) is 0 Å². The molecule has 96 valence electrons. The third kappa shape index (κ3) is 1.35. The van der Waals surface area contributed by atoms with Crippen molar-refractivity contribution >= 4 is 21.2 Å². The molecule has 5 atom stereocenters. The Hall–Kier alpha value is -0.180. The molecule has 18 heavy (non-hydrogen) atoms. The molecule has 2 bridgehead atoms. The van der Waals surface area contributed by atoms with Crippen molar-refractivity contribution in [2.24, 2.45) is 5.92 Å². The zero-order chi connectivity index (χ0) is 13.1. The maximum atomic E-state index is 2.53. The van der Waals surface area contributed by atoms with E-state index < -0.39 is 0 Å². The number of hydrogen-bond donors (Lipinski definition) is 0. The topological polar surface area (TPSA) is 0 Å². The van der Waals surface area contributed by atoms with Gasteiger partial charge in [-0.3, -0.25) is 0 Å². The van der Waals surface area contributed by atoms with Crippen LogP contribution in [-0.2, 0) is 0 Å². The Labute approximate surface area is 114 Å². The summed E-state index contributed by atoms with van der Waals surface area (Å²) in [5.41, 5.74) is 3.37. The van der Waals surface area contributed by atoms with Crippen LogP contribution in [0.1, 0.15) is 34.6 Å². The molecule has 5 unspecified atom stereocenters. The van der Waals surface area contributed by atoms with E-state index in [4.69, 9.17) is 0 Å². The zero-order valence-electron chi connectivity index (χ0n) is 11.9. The van der Waals surface area contributed by atoms with Gasteiger partial charge >= 0.3 is 0 Å². The first-order chi connectivity index (χ1) is 8.42. The van der Waals surface area contributed by atoms with Crippen LogP contribution in [0.3, 0.4) is 0 Å². The minimum Gasteiger partial charge on any atom is -0.0799 e. The van der Waals surface area contributed by atoms with Gasteiger partial charge in [0.1, 0.15) is 0 Å². The normalized spacial score (nSPS) is 44.1. The minimum absolute atomic E-state index is 0.0201. The van der Waals surface area contributed by atoms with Gasteiger partial charge in [-0.05, 0) is 32.7 Å². The smallest absolute Gasteiger partial charge is 0.0199 e. The Morgan fingerprint density at radius 1 is 1.06 bits per heavy atom. The predicted octanol–water partition coefficient (Wildman–Crippen LogP) is 4.90. The van der Waals surface area contributed by atoms with Crippen molar-refractivity contribution < 1.29 is 0 Å². The predicted molar refractivity (Wildman–Crippen MR) is 85.7 cm³/mol. The van der Waals surface area contributed by atoms with Crippen LogP contribution in [0.5, 0.6) is 0 Å². The second-order valence-electron chi connectivity index (χ2n) is 6.10. The van der Waals surface area contributed by atoms with E-state index >= 15 is 0 Å². The summed E-state index contributed by atoms with van der Waals surface area (Å²) in [6, 6.07) is 11.2. The third-order valence-electron chi connectivity index (χ3n) is 5.63. The Balaban J connectivity index is 2.14. The largest absolute Gasteiger partial charge is 0.0799 e. The molecule has 1 heterocycles. The molecule has 0 spiro atoms. The van der Waals surface area contributed by atoms with Crippen LogP contribution in [0.25, 0.3) is 0 Å². The van der Waals surface area contributed by atoms with Gasteiger partial charge in [-0.15, -0.1) is 0 Å². The molecular formula is C16H22P2. The fourth-order valence-corrected chi connectivity index (χ4v) is 12.8. The van der Waals surface area contributed by atoms with E-state index in [1.54, 1.807) is 16.5 Å². The number of allylic oxidation sites excluding steroid dienone is 2. The van der Waals surface area contributed by atoms with Crippen LogP contribution in [0.2, 0.25) is 0 Å². The zero-order valence-corrected chi connectivity index (χ0v) is 13.8. The lowest BCUT2D eigenvalue weighted by atomic mass is 9.88. The van der Waals surface area contributed by atoms with Gasteiger partial charge in [0.15, 0.2) is 0 Å². The highest BCUT2D eigenvalue weighted by molar-refractivity contribution is 8.27. The van der Waals surface area contributed by atoms with E-state index in [2.05, 4.69) is 65.0 Å². The van der Waals surface area contributed by atoms with Crippen molar-refractivity contribution in [3.05, 3.63) is 41.5 Å². The van der Waals surface area contributed by atoms with Gasteiger partial charge < -0.3 is 0 Å². The van der Waals surface area contributed by atoms with Crippen LogP contribution in [0.4, 0.5) is 0 Å². The summed E-state index contributed by atoms with van der Waals surface area (Å²) in [6.45, 7) is 12.3. The lowest BCUT2D eigenvalue weighted by molar-refractivity contribution is 0.457. The van der Waals surface area contributed by atoms with Gasteiger partial charge in [0, 0.05) is 10.3 Å². The Morgan fingerprint density at radius 2 is 1.67 bits per heavy atom. The van der Waals surface area contributed by atoms with E-state index in [-0.39, 0.29) is 7.61 Å². The van der Waals surface area contributed by atoms with Gasteiger partial charge in [0.25, 0.3) is 0 Å². The summed E-state index contributed by atoms with van der Waals surface area (Å²) >= 11 is 0. The maximum absolute atomic E-state index is 2.53. The first-order valence-electron chi connectivity index (χ1n) is 6.74. The summed E-state index contributed by atoms with van der Waals surface area (Å²) in [5, 5.41) is 2.52. The number of hydrogen-bond acceptors (Lipinski definition) is 0. The molecule has 1 saturated heterocycles. The van der Waals surface area contributed by atoms with Crippen LogP contribution in [0, 0.1) is 5.92 Å². The maximum Gasteiger partial charge on any atom is 0.0199 e. The average molecular weight is 276 g/mol. The second-order valence-corrected chi connectivity index (χ2v) is 11.5. The summed E-state index contributed by atoms with van der Waals surface area (Å²) in [7, 11) is 1.08. The second kappa shape index (κ2) is 3.91. The fourth-order valence-electron chi connectivity index (χ4n) is 3.78. The van der Waals surface area contributed by atoms with Crippen molar-refractivity contribution in [3.8, 4) is 0 Å². The highest BCUT2D eigenvalue weighted by Gasteiger charge is 2.62. The molecule has 0 nitrogen and oxygen atoms in total. The Kier molecular flexibility index (Phi) is 2.79. The quantitative estimate of drug-likeness (QED) is 0.505. The number of benzene rings is 1. The van der Waals surface area contributed by atoms with Crippen LogP contribution in [0.15, 0.2) is 41.5 Å². The van der Waals surface area contributed by atoms with Gasteiger partial charge in [-0.1, -0.05) is 70.5 Å².